The molecule has 214 valence electrons. The molecule has 0 saturated heterocycles. The van der Waals surface area contributed by atoms with Gasteiger partial charge < -0.3 is 0 Å². The minimum Gasteiger partial charge on any atom is -0.175 e. The van der Waals surface area contributed by atoms with Crippen LogP contribution in [0.15, 0.2) is 145 Å². The Hall–Kier alpha value is -4.50. The molecule has 0 N–H and O–H groups in total. The second kappa shape index (κ2) is 10.3. The van der Waals surface area contributed by atoms with Gasteiger partial charge in [0.15, 0.2) is 0 Å². The van der Waals surface area contributed by atoms with Crippen LogP contribution in [0.2, 0.25) is 0 Å². The maximum Gasteiger partial charge on any atom is 0.0665 e. The number of thiol groups is 2. The van der Waals surface area contributed by atoms with E-state index in [0.717, 1.165) is 0 Å². The highest BCUT2D eigenvalue weighted by molar-refractivity contribution is 7.79. The zero-order chi connectivity index (χ0) is 30.1. The average molecular weight is 611 g/mol. The summed E-state index contributed by atoms with van der Waals surface area (Å²) in [6.45, 7) is 0. The van der Waals surface area contributed by atoms with E-state index in [9.17, 15) is 0 Å². The molecule has 7 aromatic rings. The minimum atomic E-state index is -0.602. The van der Waals surface area contributed by atoms with Crippen LogP contribution in [0.5, 0.6) is 0 Å². The molecule has 2 heteroatoms. The van der Waals surface area contributed by atoms with Gasteiger partial charge >= 0.3 is 0 Å². The van der Waals surface area contributed by atoms with Gasteiger partial charge in [-0.15, -0.1) is 0 Å². The van der Waals surface area contributed by atoms with Crippen molar-refractivity contribution in [2.45, 2.75) is 16.9 Å². The van der Waals surface area contributed by atoms with E-state index >= 15 is 0 Å². The third-order valence-corrected chi connectivity index (χ3v) is 10.7. The predicted octanol–water partition coefficient (Wildman–Crippen LogP) is 9.59. The highest BCUT2D eigenvalue weighted by Crippen LogP contribution is 2.54. The van der Waals surface area contributed by atoms with Gasteiger partial charge in [-0.05, 0) is 93.0 Å². The summed E-state index contributed by atoms with van der Waals surface area (Å²) in [5.74, 6) is 1.27. The van der Waals surface area contributed by atoms with Crippen LogP contribution in [0.1, 0.15) is 22.3 Å². The van der Waals surface area contributed by atoms with E-state index in [1.54, 1.807) is 0 Å². The van der Waals surface area contributed by atoms with Crippen molar-refractivity contribution < 1.29 is 0 Å². The SMILES string of the molecule is SCc1ccc2ccccc2c1C1(c2c(CS)ccc3ccccc23)C=CC=C2C=c3c(c4ccccc4c4ccccc34)=C21. The molecule has 0 aliphatic heterocycles. The lowest BCUT2D eigenvalue weighted by atomic mass is 9.61. The van der Waals surface area contributed by atoms with Crippen LogP contribution in [-0.2, 0) is 16.9 Å². The molecule has 9 rings (SSSR count). The number of fused-ring (bicyclic) bond motifs is 9. The topological polar surface area (TPSA) is 0 Å². The molecular formula is C43H30S2. The molecule has 0 radical (unpaired) electrons. The van der Waals surface area contributed by atoms with Gasteiger partial charge in [0.05, 0.1) is 5.41 Å². The number of rotatable bonds is 4. The predicted molar refractivity (Wildman–Crippen MR) is 200 cm³/mol. The third kappa shape index (κ3) is 3.70. The molecule has 0 aromatic heterocycles. The lowest BCUT2D eigenvalue weighted by Gasteiger charge is -2.41. The van der Waals surface area contributed by atoms with Gasteiger partial charge in [0.25, 0.3) is 0 Å². The van der Waals surface area contributed by atoms with E-state index in [1.807, 2.05) is 0 Å². The molecule has 0 saturated carbocycles. The lowest BCUT2D eigenvalue weighted by molar-refractivity contribution is 0.829. The van der Waals surface area contributed by atoms with Crippen LogP contribution in [-0.4, -0.2) is 0 Å². The summed E-state index contributed by atoms with van der Waals surface area (Å²) < 4.78 is 0. The van der Waals surface area contributed by atoms with E-state index in [0.29, 0.717) is 11.5 Å². The monoisotopic (exact) mass is 610 g/mol. The Morgan fingerprint density at radius 3 is 1.56 bits per heavy atom. The maximum absolute atomic E-state index is 4.99. The molecular weight excluding hydrogens is 581 g/mol. The zero-order valence-corrected chi connectivity index (χ0v) is 26.5. The van der Waals surface area contributed by atoms with Gasteiger partial charge in [-0.1, -0.05) is 140 Å². The molecule has 0 amide bonds. The van der Waals surface area contributed by atoms with Crippen LogP contribution in [0.25, 0.3) is 54.7 Å². The molecule has 2 aliphatic rings. The Kier molecular flexibility index (Phi) is 6.13. The standard InChI is InChI=1S/C43H30S2/c44-25-30-21-19-27-10-1-3-13-32(27)40(30)43(41-31(26-45)22-20-28-11-2-4-14-33(28)41)23-9-12-29-24-38-36-17-6-5-15-34(36)35-16-7-8-18-37(35)39(38)42(29)43/h1-24,44-45H,25-26H2. The van der Waals surface area contributed by atoms with Gasteiger partial charge in [0.2, 0.25) is 0 Å². The molecule has 0 spiro atoms. The van der Waals surface area contributed by atoms with E-state index in [4.69, 9.17) is 25.3 Å². The van der Waals surface area contributed by atoms with Gasteiger partial charge in [-0.2, -0.15) is 25.3 Å². The number of hydrogen-bond donors (Lipinski definition) is 2. The van der Waals surface area contributed by atoms with Gasteiger partial charge in [0, 0.05) is 11.5 Å². The van der Waals surface area contributed by atoms with Crippen LogP contribution in [0.4, 0.5) is 0 Å². The third-order valence-electron chi connectivity index (χ3n) is 9.99. The minimum absolute atomic E-state index is 0.602. The summed E-state index contributed by atoms with van der Waals surface area (Å²) >= 11 is 9.97. The van der Waals surface area contributed by atoms with Crippen molar-refractivity contribution in [3.05, 3.63) is 178 Å². The summed E-state index contributed by atoms with van der Waals surface area (Å²) in [5.41, 5.74) is 7.12. The Labute approximate surface area is 273 Å². The van der Waals surface area contributed by atoms with Crippen LogP contribution < -0.4 is 10.4 Å². The van der Waals surface area contributed by atoms with Crippen molar-refractivity contribution in [2.24, 2.45) is 0 Å². The number of benzene rings is 7. The Morgan fingerprint density at radius 1 is 0.489 bits per heavy atom. The molecule has 0 nitrogen and oxygen atoms in total. The number of allylic oxidation sites excluding steroid dienone is 4. The summed E-state index contributed by atoms with van der Waals surface area (Å²) in [6.07, 6.45) is 9.52. The molecule has 0 bridgehead atoms. The van der Waals surface area contributed by atoms with Crippen LogP contribution in [0.3, 0.4) is 0 Å². The summed E-state index contributed by atoms with van der Waals surface area (Å²) in [4.78, 5) is 0. The Morgan fingerprint density at radius 2 is 0.978 bits per heavy atom. The molecule has 0 unspecified atom stereocenters. The fourth-order valence-electron chi connectivity index (χ4n) is 8.27. The summed E-state index contributed by atoms with van der Waals surface area (Å²) in [5, 5.41) is 12.8. The largest absolute Gasteiger partial charge is 0.175 e. The van der Waals surface area contributed by atoms with E-state index in [-0.39, 0.29) is 0 Å². The fourth-order valence-corrected chi connectivity index (χ4v) is 8.79. The molecule has 2 aliphatic carbocycles. The molecule has 0 fully saturated rings. The highest BCUT2D eigenvalue weighted by Gasteiger charge is 2.45. The first-order chi connectivity index (χ1) is 22.2. The summed E-state index contributed by atoms with van der Waals surface area (Å²) in [7, 11) is 0. The van der Waals surface area contributed by atoms with Crippen molar-refractivity contribution in [1.82, 2.24) is 0 Å². The first-order valence-electron chi connectivity index (χ1n) is 15.5. The molecule has 45 heavy (non-hydrogen) atoms. The fraction of sp³-hybridized carbons (Fsp3) is 0.0698. The normalized spacial score (nSPS) is 15.0. The van der Waals surface area contributed by atoms with Crippen molar-refractivity contribution in [1.29, 1.82) is 0 Å². The van der Waals surface area contributed by atoms with E-state index in [2.05, 4.69) is 146 Å². The summed E-state index contributed by atoms with van der Waals surface area (Å²) in [6, 6.07) is 44.7. The first-order valence-corrected chi connectivity index (χ1v) is 16.8. The van der Waals surface area contributed by atoms with E-state index in [1.165, 1.54) is 86.9 Å². The smallest absolute Gasteiger partial charge is 0.0665 e. The highest BCUT2D eigenvalue weighted by atomic mass is 32.1. The van der Waals surface area contributed by atoms with Crippen LogP contribution in [0, 0.1) is 0 Å². The Balaban J connectivity index is 1.62. The van der Waals surface area contributed by atoms with Crippen molar-refractivity contribution >= 4 is 80.0 Å². The van der Waals surface area contributed by atoms with Crippen molar-refractivity contribution in [3.63, 3.8) is 0 Å². The lowest BCUT2D eigenvalue weighted by Crippen LogP contribution is -2.37. The van der Waals surface area contributed by atoms with Crippen molar-refractivity contribution in [2.75, 3.05) is 0 Å². The second-order valence-corrected chi connectivity index (χ2v) is 12.8. The quantitative estimate of drug-likeness (QED) is 0.144. The zero-order valence-electron chi connectivity index (χ0n) is 24.7. The number of hydrogen-bond acceptors (Lipinski definition) is 2. The van der Waals surface area contributed by atoms with Gasteiger partial charge in [0.1, 0.15) is 0 Å². The Bertz CT molecular complexity index is 2480. The average Bonchev–Trinajstić information content (AvgIpc) is 3.52. The molecule has 7 aromatic carbocycles. The van der Waals surface area contributed by atoms with Crippen molar-refractivity contribution in [3.8, 4) is 0 Å². The molecule has 0 heterocycles. The van der Waals surface area contributed by atoms with E-state index < -0.39 is 5.41 Å². The first kappa shape index (κ1) is 26.9. The maximum atomic E-state index is 4.99. The molecule has 0 atom stereocenters. The van der Waals surface area contributed by atoms with Gasteiger partial charge in [-0.25, -0.2) is 0 Å². The second-order valence-electron chi connectivity index (χ2n) is 12.1. The van der Waals surface area contributed by atoms with Crippen LogP contribution >= 0.6 is 25.3 Å². The van der Waals surface area contributed by atoms with Gasteiger partial charge in [-0.3, -0.25) is 0 Å².